The second kappa shape index (κ2) is 6.61. The van der Waals surface area contributed by atoms with E-state index in [9.17, 15) is 9.18 Å². The van der Waals surface area contributed by atoms with Crippen LogP contribution in [-0.2, 0) is 6.42 Å². The van der Waals surface area contributed by atoms with Gasteiger partial charge in [0.25, 0.3) is 5.91 Å². The van der Waals surface area contributed by atoms with E-state index in [2.05, 4.69) is 45.5 Å². The summed E-state index contributed by atoms with van der Waals surface area (Å²) in [4.78, 5) is 12.1. The lowest BCUT2D eigenvalue weighted by Crippen LogP contribution is -2.26. The van der Waals surface area contributed by atoms with Crippen LogP contribution in [0.1, 0.15) is 40.2 Å². The number of aryl methyl sites for hydroxylation is 1. The summed E-state index contributed by atoms with van der Waals surface area (Å²) in [6.07, 6.45) is 3.12. The summed E-state index contributed by atoms with van der Waals surface area (Å²) in [5.74, 6) is -0.360. The Morgan fingerprint density at radius 3 is 2.95 bits per heavy atom. The summed E-state index contributed by atoms with van der Waals surface area (Å²) < 4.78 is 14.4. The lowest BCUT2D eigenvalue weighted by Gasteiger charge is -2.12. The van der Waals surface area contributed by atoms with Crippen molar-refractivity contribution < 1.29 is 9.18 Å². The van der Waals surface area contributed by atoms with Crippen molar-refractivity contribution in [3.8, 4) is 0 Å². The number of carbonyl (C=O) groups is 1. The van der Waals surface area contributed by atoms with Crippen molar-refractivity contribution in [3.05, 3.63) is 69.4 Å². The van der Waals surface area contributed by atoms with Crippen LogP contribution in [0.15, 0.2) is 46.9 Å². The van der Waals surface area contributed by atoms with Gasteiger partial charge in [0.1, 0.15) is 5.82 Å². The van der Waals surface area contributed by atoms with Gasteiger partial charge < -0.3 is 5.32 Å². The summed E-state index contributed by atoms with van der Waals surface area (Å²) in [7, 11) is 0. The van der Waals surface area contributed by atoms with E-state index < -0.39 is 5.82 Å². The number of amides is 1. The van der Waals surface area contributed by atoms with Gasteiger partial charge in [-0.15, -0.1) is 0 Å². The molecule has 1 N–H and O–H groups in total. The van der Waals surface area contributed by atoms with Gasteiger partial charge in [-0.2, -0.15) is 0 Å². The minimum absolute atomic E-state index is 0.0844. The highest BCUT2D eigenvalue weighted by atomic mass is 79.9. The van der Waals surface area contributed by atoms with Crippen LogP contribution in [0.25, 0.3) is 0 Å². The first-order chi connectivity index (χ1) is 10.6. The zero-order chi connectivity index (χ0) is 15.5. The number of fused-ring (bicyclic) bond motifs is 1. The first kappa shape index (κ1) is 15.2. The molecule has 0 radical (unpaired) electrons. The molecule has 0 aromatic heterocycles. The lowest BCUT2D eigenvalue weighted by atomic mass is 9.98. The van der Waals surface area contributed by atoms with Crippen LogP contribution in [0, 0.1) is 5.82 Å². The zero-order valence-corrected chi connectivity index (χ0v) is 13.7. The predicted molar refractivity (Wildman–Crippen MR) is 88.6 cm³/mol. The van der Waals surface area contributed by atoms with Gasteiger partial charge in [-0.1, -0.05) is 40.2 Å². The second-order valence-electron chi connectivity index (χ2n) is 5.60. The number of nitrogens with one attached hydrogen (secondary N) is 1. The molecule has 1 atom stereocenters. The Balaban J connectivity index is 1.58. The number of benzene rings is 2. The van der Waals surface area contributed by atoms with Gasteiger partial charge in [-0.05, 0) is 54.5 Å². The van der Waals surface area contributed by atoms with E-state index in [1.54, 1.807) is 6.07 Å². The minimum Gasteiger partial charge on any atom is -0.352 e. The average molecular weight is 362 g/mol. The van der Waals surface area contributed by atoms with Gasteiger partial charge in [0.05, 0.1) is 5.56 Å². The third kappa shape index (κ3) is 3.22. The summed E-state index contributed by atoms with van der Waals surface area (Å²) in [6, 6.07) is 12.9. The van der Waals surface area contributed by atoms with Crippen LogP contribution < -0.4 is 5.32 Å². The highest BCUT2D eigenvalue weighted by Gasteiger charge is 2.21. The molecule has 1 amide bonds. The number of rotatable bonds is 4. The zero-order valence-electron chi connectivity index (χ0n) is 12.1. The molecule has 0 fully saturated rings. The Morgan fingerprint density at radius 1 is 1.27 bits per heavy atom. The molecular formula is C18H17BrFNO. The van der Waals surface area contributed by atoms with Crippen LogP contribution in [-0.4, -0.2) is 12.5 Å². The molecule has 1 aliphatic rings. The third-order valence-corrected chi connectivity index (χ3v) is 4.70. The molecule has 3 rings (SSSR count). The molecule has 0 aliphatic heterocycles. The van der Waals surface area contributed by atoms with Gasteiger partial charge in [0, 0.05) is 11.0 Å². The smallest absolute Gasteiger partial charge is 0.254 e. The molecule has 0 bridgehead atoms. The van der Waals surface area contributed by atoms with Crippen LogP contribution in [0.4, 0.5) is 4.39 Å². The van der Waals surface area contributed by atoms with Gasteiger partial charge in [-0.25, -0.2) is 4.39 Å². The molecule has 22 heavy (non-hydrogen) atoms. The fourth-order valence-electron chi connectivity index (χ4n) is 3.07. The van der Waals surface area contributed by atoms with Crippen LogP contribution in [0.2, 0.25) is 0 Å². The Hall–Kier alpha value is -1.68. The average Bonchev–Trinajstić information content (AvgIpc) is 2.93. The minimum atomic E-state index is -0.494. The highest BCUT2D eigenvalue weighted by Crippen LogP contribution is 2.34. The van der Waals surface area contributed by atoms with Crippen molar-refractivity contribution in [2.24, 2.45) is 0 Å². The second-order valence-corrected chi connectivity index (χ2v) is 6.52. The van der Waals surface area contributed by atoms with Crippen molar-refractivity contribution in [3.63, 3.8) is 0 Å². The standard InChI is InChI=1S/C18H17BrFNO/c19-14-7-8-17(20)16(11-14)18(22)21-10-9-13-6-5-12-3-1-2-4-15(12)13/h1-4,7-8,11,13H,5-6,9-10H2,(H,21,22). The molecule has 0 spiro atoms. The number of carbonyl (C=O) groups excluding carboxylic acids is 1. The molecule has 2 nitrogen and oxygen atoms in total. The maximum atomic E-state index is 13.7. The largest absolute Gasteiger partial charge is 0.352 e. The highest BCUT2D eigenvalue weighted by molar-refractivity contribution is 9.10. The molecule has 1 unspecified atom stereocenters. The molecule has 2 aromatic carbocycles. The molecule has 0 saturated heterocycles. The molecule has 0 saturated carbocycles. The number of halogens is 2. The number of hydrogen-bond acceptors (Lipinski definition) is 1. The van der Waals surface area contributed by atoms with E-state index in [0.717, 1.165) is 19.3 Å². The molecule has 114 valence electrons. The van der Waals surface area contributed by atoms with Gasteiger partial charge in [0.2, 0.25) is 0 Å². The fourth-order valence-corrected chi connectivity index (χ4v) is 3.43. The van der Waals surface area contributed by atoms with Gasteiger partial charge in [-0.3, -0.25) is 4.79 Å². The topological polar surface area (TPSA) is 29.1 Å². The SMILES string of the molecule is O=C(NCCC1CCc2ccccc21)c1cc(Br)ccc1F. The van der Waals surface area contributed by atoms with Crippen LogP contribution in [0.5, 0.6) is 0 Å². The summed E-state index contributed by atoms with van der Waals surface area (Å²) in [5, 5.41) is 2.82. The molecule has 1 aliphatic carbocycles. The van der Waals surface area contributed by atoms with Crippen LogP contribution in [0.3, 0.4) is 0 Å². The Bertz CT molecular complexity index is 701. The monoisotopic (exact) mass is 361 g/mol. The third-order valence-electron chi connectivity index (χ3n) is 4.21. The summed E-state index contributed by atoms with van der Waals surface area (Å²) >= 11 is 3.26. The Morgan fingerprint density at radius 2 is 2.09 bits per heavy atom. The quantitative estimate of drug-likeness (QED) is 0.856. The Kier molecular flexibility index (Phi) is 4.57. The predicted octanol–water partition coefficient (Wildman–Crippen LogP) is 4.44. The molecule has 4 heteroatoms. The molecule has 0 heterocycles. The lowest BCUT2D eigenvalue weighted by molar-refractivity contribution is 0.0948. The van der Waals surface area contributed by atoms with Crippen molar-refractivity contribution >= 4 is 21.8 Å². The van der Waals surface area contributed by atoms with Gasteiger partial charge >= 0.3 is 0 Å². The first-order valence-electron chi connectivity index (χ1n) is 7.46. The number of hydrogen-bond donors (Lipinski definition) is 1. The molecular weight excluding hydrogens is 345 g/mol. The van der Waals surface area contributed by atoms with Crippen molar-refractivity contribution in [2.75, 3.05) is 6.54 Å². The van der Waals surface area contributed by atoms with Crippen molar-refractivity contribution in [1.82, 2.24) is 5.32 Å². The Labute approximate surface area is 137 Å². The normalized spacial score (nSPS) is 16.4. The maximum absolute atomic E-state index is 13.7. The summed E-state index contributed by atoms with van der Waals surface area (Å²) in [6.45, 7) is 0.559. The van der Waals surface area contributed by atoms with E-state index in [1.165, 1.54) is 23.3 Å². The van der Waals surface area contributed by atoms with Crippen molar-refractivity contribution in [1.29, 1.82) is 0 Å². The molecule has 2 aromatic rings. The first-order valence-corrected chi connectivity index (χ1v) is 8.25. The van der Waals surface area contributed by atoms with Crippen LogP contribution >= 0.6 is 15.9 Å². The van der Waals surface area contributed by atoms with Gasteiger partial charge in [0.15, 0.2) is 0 Å². The van der Waals surface area contributed by atoms with E-state index in [1.807, 2.05) is 0 Å². The van der Waals surface area contributed by atoms with E-state index in [4.69, 9.17) is 0 Å². The van der Waals surface area contributed by atoms with E-state index in [0.29, 0.717) is 16.9 Å². The van der Waals surface area contributed by atoms with Crippen molar-refractivity contribution in [2.45, 2.75) is 25.2 Å². The summed E-state index contributed by atoms with van der Waals surface area (Å²) in [5.41, 5.74) is 2.89. The van der Waals surface area contributed by atoms with E-state index in [-0.39, 0.29) is 11.5 Å². The van der Waals surface area contributed by atoms with E-state index >= 15 is 0 Å². The fraction of sp³-hybridized carbons (Fsp3) is 0.278. The maximum Gasteiger partial charge on any atom is 0.254 e.